The van der Waals surface area contributed by atoms with Crippen molar-refractivity contribution >= 4 is 11.6 Å². The second-order valence-corrected chi connectivity index (χ2v) is 2.49. The highest BCUT2D eigenvalue weighted by Gasteiger charge is 2.14. The van der Waals surface area contributed by atoms with Crippen LogP contribution >= 0.6 is 11.6 Å². The zero-order valence-corrected chi connectivity index (χ0v) is 7.38. The molecule has 0 aromatic rings. The van der Waals surface area contributed by atoms with Crippen molar-refractivity contribution in [1.82, 2.24) is 10.2 Å². The van der Waals surface area contributed by atoms with Gasteiger partial charge in [-0.25, -0.2) is 5.01 Å². The molecule has 0 amide bonds. The standard InChI is InChI=1S/C6H13ClN2O2/c1-8(11-6-7)9-2-4-10-5-3-9/h2-6H2,1H3. The van der Waals surface area contributed by atoms with E-state index in [1.807, 2.05) is 12.1 Å². The lowest BCUT2D eigenvalue weighted by atomic mass is 10.5. The number of halogens is 1. The van der Waals surface area contributed by atoms with Crippen LogP contribution in [0.25, 0.3) is 0 Å². The van der Waals surface area contributed by atoms with Crippen molar-refractivity contribution in [3.8, 4) is 0 Å². The Morgan fingerprint density at radius 3 is 2.73 bits per heavy atom. The highest BCUT2D eigenvalue weighted by Crippen LogP contribution is 2.01. The van der Waals surface area contributed by atoms with Gasteiger partial charge in [0.1, 0.15) is 6.07 Å². The van der Waals surface area contributed by atoms with Crippen LogP contribution in [-0.2, 0) is 9.57 Å². The molecule has 1 rings (SSSR count). The minimum Gasteiger partial charge on any atom is -0.379 e. The molecule has 66 valence electrons. The smallest absolute Gasteiger partial charge is 0.144 e. The zero-order chi connectivity index (χ0) is 8.10. The number of hydroxylamine groups is 1. The van der Waals surface area contributed by atoms with Crippen LogP contribution in [0.5, 0.6) is 0 Å². The molecule has 0 radical (unpaired) electrons. The molecule has 4 nitrogen and oxygen atoms in total. The van der Waals surface area contributed by atoms with Gasteiger partial charge in [-0.3, -0.25) is 4.84 Å². The first kappa shape index (κ1) is 9.22. The third-order valence-electron chi connectivity index (χ3n) is 1.62. The van der Waals surface area contributed by atoms with Crippen molar-refractivity contribution in [2.45, 2.75) is 0 Å². The van der Waals surface area contributed by atoms with Crippen molar-refractivity contribution in [3.63, 3.8) is 0 Å². The van der Waals surface area contributed by atoms with Crippen molar-refractivity contribution < 1.29 is 9.57 Å². The molecule has 0 spiro atoms. The molecule has 5 heteroatoms. The van der Waals surface area contributed by atoms with Gasteiger partial charge in [-0.2, -0.15) is 0 Å². The summed E-state index contributed by atoms with van der Waals surface area (Å²) >= 11 is 5.39. The number of hydrogen-bond acceptors (Lipinski definition) is 4. The fourth-order valence-electron chi connectivity index (χ4n) is 0.988. The number of alkyl halides is 1. The summed E-state index contributed by atoms with van der Waals surface area (Å²) < 4.78 is 5.17. The molecule has 1 aliphatic heterocycles. The highest BCUT2D eigenvalue weighted by atomic mass is 35.5. The van der Waals surface area contributed by atoms with Crippen molar-refractivity contribution in [3.05, 3.63) is 0 Å². The summed E-state index contributed by atoms with van der Waals surface area (Å²) in [7, 11) is 1.84. The quantitative estimate of drug-likeness (QED) is 0.461. The first-order valence-electron chi connectivity index (χ1n) is 3.60. The van der Waals surface area contributed by atoms with Crippen LogP contribution in [0.2, 0.25) is 0 Å². The lowest BCUT2D eigenvalue weighted by molar-refractivity contribution is -0.271. The molecule has 0 aliphatic carbocycles. The molecule has 0 bridgehead atoms. The van der Waals surface area contributed by atoms with Gasteiger partial charge < -0.3 is 4.74 Å². The van der Waals surface area contributed by atoms with Gasteiger partial charge in [0, 0.05) is 20.1 Å². The molecular formula is C6H13ClN2O2. The van der Waals surface area contributed by atoms with Gasteiger partial charge in [-0.15, -0.1) is 5.17 Å². The Hall–Kier alpha value is 0.130. The molecule has 1 aliphatic rings. The average molecular weight is 181 g/mol. The minimum absolute atomic E-state index is 0.188. The molecule has 11 heavy (non-hydrogen) atoms. The summed E-state index contributed by atoms with van der Waals surface area (Å²) in [6.07, 6.45) is 0. The lowest BCUT2D eigenvalue weighted by Gasteiger charge is -2.32. The summed E-state index contributed by atoms with van der Waals surface area (Å²) in [5.74, 6) is 0. The van der Waals surface area contributed by atoms with E-state index in [1.54, 1.807) is 5.17 Å². The topological polar surface area (TPSA) is 24.9 Å². The second-order valence-electron chi connectivity index (χ2n) is 2.27. The minimum atomic E-state index is 0.188. The first-order valence-corrected chi connectivity index (χ1v) is 4.13. The Morgan fingerprint density at radius 2 is 2.18 bits per heavy atom. The second kappa shape index (κ2) is 4.90. The Balaban J connectivity index is 2.21. The molecule has 0 unspecified atom stereocenters. The van der Waals surface area contributed by atoms with Crippen LogP contribution in [0.4, 0.5) is 0 Å². The van der Waals surface area contributed by atoms with E-state index < -0.39 is 0 Å². The van der Waals surface area contributed by atoms with Crippen molar-refractivity contribution in [2.24, 2.45) is 0 Å². The van der Waals surface area contributed by atoms with Crippen LogP contribution < -0.4 is 0 Å². The van der Waals surface area contributed by atoms with Gasteiger partial charge >= 0.3 is 0 Å². The van der Waals surface area contributed by atoms with E-state index in [0.29, 0.717) is 0 Å². The molecule has 1 heterocycles. The number of morpholine rings is 1. The van der Waals surface area contributed by atoms with E-state index in [9.17, 15) is 0 Å². The fraction of sp³-hybridized carbons (Fsp3) is 1.00. The van der Waals surface area contributed by atoms with Gasteiger partial charge in [0.15, 0.2) is 0 Å². The van der Waals surface area contributed by atoms with E-state index in [4.69, 9.17) is 21.2 Å². The van der Waals surface area contributed by atoms with Crippen LogP contribution in [0.15, 0.2) is 0 Å². The Bertz CT molecular complexity index is 109. The number of ether oxygens (including phenoxy) is 1. The molecule has 0 N–H and O–H groups in total. The maximum Gasteiger partial charge on any atom is 0.144 e. The molecule has 0 aromatic carbocycles. The van der Waals surface area contributed by atoms with Crippen LogP contribution in [0.3, 0.4) is 0 Å². The van der Waals surface area contributed by atoms with Crippen LogP contribution in [0.1, 0.15) is 0 Å². The highest BCUT2D eigenvalue weighted by molar-refractivity contribution is 6.17. The summed E-state index contributed by atoms with van der Waals surface area (Å²) in [6, 6.07) is 0.188. The molecular weight excluding hydrogens is 168 g/mol. The predicted octanol–water partition coefficient (Wildman–Crippen LogP) is 0.293. The van der Waals surface area contributed by atoms with Crippen LogP contribution in [0, 0.1) is 0 Å². The Labute approximate surface area is 71.5 Å². The number of nitrogens with zero attached hydrogens (tertiary/aromatic N) is 2. The van der Waals surface area contributed by atoms with Crippen molar-refractivity contribution in [1.29, 1.82) is 0 Å². The summed E-state index contributed by atoms with van der Waals surface area (Å²) in [5, 5.41) is 3.71. The maximum atomic E-state index is 5.39. The summed E-state index contributed by atoms with van der Waals surface area (Å²) in [5.41, 5.74) is 0. The zero-order valence-electron chi connectivity index (χ0n) is 6.62. The molecule has 0 aromatic heterocycles. The predicted molar refractivity (Wildman–Crippen MR) is 42.0 cm³/mol. The molecule has 1 saturated heterocycles. The van der Waals surface area contributed by atoms with Crippen LogP contribution in [-0.4, -0.2) is 49.6 Å². The van der Waals surface area contributed by atoms with E-state index in [1.165, 1.54) is 0 Å². The van der Waals surface area contributed by atoms with E-state index in [2.05, 4.69) is 0 Å². The Kier molecular flexibility index (Phi) is 4.11. The average Bonchev–Trinajstić information content (AvgIpc) is 2.07. The monoisotopic (exact) mass is 180 g/mol. The van der Waals surface area contributed by atoms with E-state index >= 15 is 0 Å². The normalized spacial score (nSPS) is 21.0. The van der Waals surface area contributed by atoms with Gasteiger partial charge in [0.05, 0.1) is 13.2 Å². The van der Waals surface area contributed by atoms with Crippen molar-refractivity contribution in [2.75, 3.05) is 39.4 Å². The molecule has 0 atom stereocenters. The summed E-state index contributed by atoms with van der Waals surface area (Å²) in [4.78, 5) is 5.05. The number of rotatable bonds is 3. The maximum absolute atomic E-state index is 5.39. The van der Waals surface area contributed by atoms with Gasteiger partial charge in [0.2, 0.25) is 0 Å². The van der Waals surface area contributed by atoms with E-state index in [0.717, 1.165) is 26.3 Å². The number of hydrogen-bond donors (Lipinski definition) is 0. The van der Waals surface area contributed by atoms with E-state index in [-0.39, 0.29) is 6.07 Å². The van der Waals surface area contributed by atoms with Gasteiger partial charge in [0.25, 0.3) is 0 Å². The largest absolute Gasteiger partial charge is 0.379 e. The third kappa shape index (κ3) is 2.92. The summed E-state index contributed by atoms with van der Waals surface area (Å²) in [6.45, 7) is 3.26. The van der Waals surface area contributed by atoms with Gasteiger partial charge in [-0.1, -0.05) is 11.6 Å². The molecule has 1 fully saturated rings. The SMILES string of the molecule is CN(OCCl)N1CCOCC1. The molecule has 0 saturated carbocycles. The number of hydrazine groups is 1. The third-order valence-corrected chi connectivity index (χ3v) is 1.72. The Morgan fingerprint density at radius 1 is 1.55 bits per heavy atom. The van der Waals surface area contributed by atoms with Gasteiger partial charge in [-0.05, 0) is 0 Å². The first-order chi connectivity index (χ1) is 5.34. The fourth-order valence-corrected chi connectivity index (χ4v) is 1.13. The lowest BCUT2D eigenvalue weighted by Crippen LogP contribution is -2.46.